The zero-order valence-corrected chi connectivity index (χ0v) is 9.69. The smallest absolute Gasteiger partial charge is 0.250 e. The highest BCUT2D eigenvalue weighted by atomic mass is 19.1. The van der Waals surface area contributed by atoms with E-state index >= 15 is 0 Å². The Bertz CT molecular complexity index is 552. The van der Waals surface area contributed by atoms with Crippen LogP contribution in [-0.4, -0.2) is 5.91 Å². The molecule has 0 fully saturated rings. The zero-order valence-electron chi connectivity index (χ0n) is 9.69. The number of halogens is 1. The predicted molar refractivity (Wildman–Crippen MR) is 68.7 cm³/mol. The number of para-hydroxylation sites is 1. The van der Waals surface area contributed by atoms with Crippen LogP contribution in [0.5, 0.6) is 0 Å². The first-order valence-electron chi connectivity index (χ1n) is 5.54. The van der Waals surface area contributed by atoms with Crippen LogP contribution in [0.2, 0.25) is 0 Å². The molecular formula is C14H13FN2O. The van der Waals surface area contributed by atoms with Crippen molar-refractivity contribution in [3.05, 3.63) is 65.5 Å². The van der Waals surface area contributed by atoms with Crippen molar-refractivity contribution in [3.63, 3.8) is 0 Å². The van der Waals surface area contributed by atoms with Crippen LogP contribution < -0.4 is 11.1 Å². The minimum absolute atomic E-state index is 0.267. The molecule has 0 aliphatic carbocycles. The van der Waals surface area contributed by atoms with Crippen molar-refractivity contribution in [2.75, 3.05) is 5.32 Å². The van der Waals surface area contributed by atoms with Crippen molar-refractivity contribution >= 4 is 11.6 Å². The van der Waals surface area contributed by atoms with E-state index in [1.807, 2.05) is 6.07 Å². The number of hydrogen-bond donors (Lipinski definition) is 2. The third-order valence-electron chi connectivity index (χ3n) is 2.59. The third kappa shape index (κ3) is 2.85. The molecule has 0 saturated carbocycles. The second-order valence-corrected chi connectivity index (χ2v) is 3.89. The van der Waals surface area contributed by atoms with E-state index in [2.05, 4.69) is 5.32 Å². The Balaban J connectivity index is 2.10. The fraction of sp³-hybridized carbons (Fsp3) is 0.0714. The lowest BCUT2D eigenvalue weighted by Gasteiger charge is -2.09. The zero-order chi connectivity index (χ0) is 13.0. The normalized spacial score (nSPS) is 10.1. The number of carbonyl (C=O) groups is 1. The standard InChI is InChI=1S/C14H13FN2O/c15-11-7-5-10(6-8-11)9-17-13-4-2-1-3-12(13)14(16)18/h1-8,17H,9H2,(H2,16,18). The number of nitrogens with two attached hydrogens (primary N) is 1. The topological polar surface area (TPSA) is 55.1 Å². The van der Waals surface area contributed by atoms with E-state index in [0.29, 0.717) is 17.8 Å². The first-order chi connectivity index (χ1) is 8.66. The summed E-state index contributed by atoms with van der Waals surface area (Å²) in [6.45, 7) is 0.505. The largest absolute Gasteiger partial charge is 0.380 e. The average Bonchev–Trinajstić information content (AvgIpc) is 2.38. The Hall–Kier alpha value is -2.36. The Kier molecular flexibility index (Phi) is 3.57. The molecule has 0 unspecified atom stereocenters. The summed E-state index contributed by atoms with van der Waals surface area (Å²) in [6, 6.07) is 13.2. The Morgan fingerprint density at radius 1 is 1.11 bits per heavy atom. The van der Waals surface area contributed by atoms with Crippen LogP contribution in [0.15, 0.2) is 48.5 Å². The lowest BCUT2D eigenvalue weighted by Crippen LogP contribution is -2.14. The molecular weight excluding hydrogens is 231 g/mol. The summed E-state index contributed by atoms with van der Waals surface area (Å²) in [5.74, 6) is -0.742. The van der Waals surface area contributed by atoms with E-state index in [0.717, 1.165) is 5.56 Å². The molecule has 2 aromatic rings. The number of carbonyl (C=O) groups excluding carboxylic acids is 1. The Morgan fingerprint density at radius 2 is 1.78 bits per heavy atom. The van der Waals surface area contributed by atoms with Gasteiger partial charge in [0.25, 0.3) is 5.91 Å². The monoisotopic (exact) mass is 244 g/mol. The summed E-state index contributed by atoms with van der Waals surface area (Å²) in [7, 11) is 0. The molecule has 0 spiro atoms. The second-order valence-electron chi connectivity index (χ2n) is 3.89. The van der Waals surface area contributed by atoms with Gasteiger partial charge < -0.3 is 11.1 Å². The van der Waals surface area contributed by atoms with E-state index in [4.69, 9.17) is 5.73 Å². The maximum absolute atomic E-state index is 12.7. The number of hydrogen-bond acceptors (Lipinski definition) is 2. The lowest BCUT2D eigenvalue weighted by atomic mass is 10.1. The number of amides is 1. The summed E-state index contributed by atoms with van der Waals surface area (Å²) >= 11 is 0. The molecule has 0 radical (unpaired) electrons. The Morgan fingerprint density at radius 3 is 2.44 bits per heavy atom. The van der Waals surface area contributed by atoms with Gasteiger partial charge in [0.2, 0.25) is 0 Å². The highest BCUT2D eigenvalue weighted by molar-refractivity contribution is 5.98. The highest BCUT2D eigenvalue weighted by Crippen LogP contribution is 2.15. The van der Waals surface area contributed by atoms with Gasteiger partial charge in [0, 0.05) is 12.2 Å². The predicted octanol–water partition coefficient (Wildman–Crippen LogP) is 2.54. The van der Waals surface area contributed by atoms with Gasteiger partial charge in [0.05, 0.1) is 5.56 Å². The first-order valence-corrected chi connectivity index (χ1v) is 5.54. The van der Waals surface area contributed by atoms with Crippen molar-refractivity contribution in [2.45, 2.75) is 6.54 Å². The Labute approximate surface area is 104 Å². The fourth-order valence-corrected chi connectivity index (χ4v) is 1.65. The molecule has 0 heterocycles. The van der Waals surface area contributed by atoms with Gasteiger partial charge in [-0.25, -0.2) is 4.39 Å². The average molecular weight is 244 g/mol. The van der Waals surface area contributed by atoms with E-state index in [1.165, 1.54) is 12.1 Å². The van der Waals surface area contributed by atoms with Crippen molar-refractivity contribution in [1.82, 2.24) is 0 Å². The number of nitrogens with one attached hydrogen (secondary N) is 1. The molecule has 0 aliphatic heterocycles. The molecule has 0 aromatic heterocycles. The van der Waals surface area contributed by atoms with Gasteiger partial charge in [-0.05, 0) is 29.8 Å². The first kappa shape index (κ1) is 12.1. The quantitative estimate of drug-likeness (QED) is 0.868. The lowest BCUT2D eigenvalue weighted by molar-refractivity contribution is 0.100. The number of anilines is 1. The minimum Gasteiger partial charge on any atom is -0.380 e. The van der Waals surface area contributed by atoms with Crippen LogP contribution in [0.4, 0.5) is 10.1 Å². The van der Waals surface area contributed by atoms with Crippen molar-refractivity contribution < 1.29 is 9.18 Å². The molecule has 3 N–H and O–H groups in total. The van der Waals surface area contributed by atoms with Gasteiger partial charge in [-0.15, -0.1) is 0 Å². The van der Waals surface area contributed by atoms with Gasteiger partial charge in [0.15, 0.2) is 0 Å². The fourth-order valence-electron chi connectivity index (χ4n) is 1.65. The molecule has 92 valence electrons. The van der Waals surface area contributed by atoms with Crippen molar-refractivity contribution in [1.29, 1.82) is 0 Å². The van der Waals surface area contributed by atoms with Crippen LogP contribution in [-0.2, 0) is 6.54 Å². The molecule has 2 aromatic carbocycles. The van der Waals surface area contributed by atoms with Gasteiger partial charge in [-0.1, -0.05) is 24.3 Å². The van der Waals surface area contributed by atoms with Gasteiger partial charge in [0.1, 0.15) is 5.82 Å². The van der Waals surface area contributed by atoms with Gasteiger partial charge in [-0.3, -0.25) is 4.79 Å². The molecule has 2 rings (SSSR count). The summed E-state index contributed by atoms with van der Waals surface area (Å²) in [4.78, 5) is 11.2. The maximum atomic E-state index is 12.7. The van der Waals surface area contributed by atoms with Gasteiger partial charge >= 0.3 is 0 Å². The van der Waals surface area contributed by atoms with Crippen molar-refractivity contribution in [2.24, 2.45) is 5.73 Å². The van der Waals surface area contributed by atoms with Crippen LogP contribution in [0, 0.1) is 5.82 Å². The summed E-state index contributed by atoms with van der Waals surface area (Å²) < 4.78 is 12.7. The van der Waals surface area contributed by atoms with E-state index in [9.17, 15) is 9.18 Å². The van der Waals surface area contributed by atoms with Crippen LogP contribution in [0.25, 0.3) is 0 Å². The van der Waals surface area contributed by atoms with E-state index in [1.54, 1.807) is 30.3 Å². The summed E-state index contributed by atoms with van der Waals surface area (Å²) in [5, 5.41) is 3.11. The molecule has 3 nitrogen and oxygen atoms in total. The third-order valence-corrected chi connectivity index (χ3v) is 2.59. The summed E-state index contributed by atoms with van der Waals surface area (Å²) in [6.07, 6.45) is 0. The molecule has 4 heteroatoms. The van der Waals surface area contributed by atoms with Crippen LogP contribution in [0.1, 0.15) is 15.9 Å². The molecule has 0 saturated heterocycles. The maximum Gasteiger partial charge on any atom is 0.250 e. The van der Waals surface area contributed by atoms with Gasteiger partial charge in [-0.2, -0.15) is 0 Å². The minimum atomic E-state index is -0.475. The molecule has 0 bridgehead atoms. The SMILES string of the molecule is NC(=O)c1ccccc1NCc1ccc(F)cc1. The molecule has 0 aliphatic rings. The molecule has 0 atom stereocenters. The summed E-state index contributed by atoms with van der Waals surface area (Å²) in [5.41, 5.74) is 7.32. The number of rotatable bonds is 4. The van der Waals surface area contributed by atoms with E-state index in [-0.39, 0.29) is 5.82 Å². The van der Waals surface area contributed by atoms with E-state index < -0.39 is 5.91 Å². The number of benzene rings is 2. The van der Waals surface area contributed by atoms with Crippen LogP contribution in [0.3, 0.4) is 0 Å². The number of primary amides is 1. The molecule has 1 amide bonds. The second kappa shape index (κ2) is 5.31. The van der Waals surface area contributed by atoms with Crippen LogP contribution >= 0.6 is 0 Å². The highest BCUT2D eigenvalue weighted by Gasteiger charge is 2.06. The van der Waals surface area contributed by atoms with Crippen molar-refractivity contribution in [3.8, 4) is 0 Å². The molecule has 18 heavy (non-hydrogen) atoms.